The molecular weight excluding hydrogens is 266 g/mol. The van der Waals surface area contributed by atoms with Gasteiger partial charge in [0.15, 0.2) is 5.82 Å². The Morgan fingerprint density at radius 1 is 1.24 bits per heavy atom. The zero-order chi connectivity index (χ0) is 14.8. The predicted octanol–water partition coefficient (Wildman–Crippen LogP) is 1.80. The van der Waals surface area contributed by atoms with Crippen molar-refractivity contribution < 1.29 is 0 Å². The molecule has 0 spiro atoms. The number of nitrogens with one attached hydrogen (secondary N) is 1. The second-order valence-corrected chi connectivity index (χ2v) is 4.68. The van der Waals surface area contributed by atoms with Gasteiger partial charge in [0.05, 0.1) is 24.4 Å². The zero-order valence-corrected chi connectivity index (χ0v) is 12.3. The predicted molar refractivity (Wildman–Crippen MR) is 80.7 cm³/mol. The number of rotatable bonds is 4. The monoisotopic (exact) mass is 283 g/mol. The third-order valence-corrected chi connectivity index (χ3v) is 3.27. The quantitative estimate of drug-likeness (QED) is 0.790. The van der Waals surface area contributed by atoms with Crippen LogP contribution in [0.5, 0.6) is 0 Å². The summed E-state index contributed by atoms with van der Waals surface area (Å²) in [6, 6.07) is 1.91. The van der Waals surface area contributed by atoms with E-state index in [-0.39, 0.29) is 0 Å². The summed E-state index contributed by atoms with van der Waals surface area (Å²) in [6.45, 7) is 2.89. The molecule has 21 heavy (non-hydrogen) atoms. The van der Waals surface area contributed by atoms with Gasteiger partial charge in [0.25, 0.3) is 0 Å². The minimum absolute atomic E-state index is 0.653. The maximum absolute atomic E-state index is 4.65. The lowest BCUT2D eigenvalue weighted by Crippen LogP contribution is -2.02. The summed E-state index contributed by atoms with van der Waals surface area (Å²) in [6.07, 6.45) is 7.30. The molecule has 0 aliphatic heterocycles. The standard InChI is InChI=1S/C14H17N7/c1-4-21-9-16-7-12(21)14-18-11(5-13(15-2)19-14)10-6-17-20(3)8-10/h5-9H,4H2,1-3H3,(H,15,18,19). The highest BCUT2D eigenvalue weighted by atomic mass is 15.2. The van der Waals surface area contributed by atoms with Crippen molar-refractivity contribution in [2.75, 3.05) is 12.4 Å². The van der Waals surface area contributed by atoms with Crippen molar-refractivity contribution >= 4 is 5.82 Å². The Hall–Kier alpha value is -2.70. The van der Waals surface area contributed by atoms with E-state index in [0.717, 1.165) is 29.3 Å². The van der Waals surface area contributed by atoms with Crippen LogP contribution in [0.3, 0.4) is 0 Å². The second kappa shape index (κ2) is 5.35. The van der Waals surface area contributed by atoms with Crippen LogP contribution in [0.2, 0.25) is 0 Å². The average Bonchev–Trinajstić information content (AvgIpc) is 3.15. The van der Waals surface area contributed by atoms with Crippen molar-refractivity contribution in [3.63, 3.8) is 0 Å². The smallest absolute Gasteiger partial charge is 0.180 e. The fraction of sp³-hybridized carbons (Fsp3) is 0.286. The van der Waals surface area contributed by atoms with E-state index in [1.807, 2.05) is 30.9 Å². The lowest BCUT2D eigenvalue weighted by molar-refractivity contribution is 0.764. The van der Waals surface area contributed by atoms with Crippen LogP contribution in [-0.2, 0) is 13.6 Å². The Kier molecular flexibility index (Phi) is 3.39. The molecule has 0 atom stereocenters. The average molecular weight is 283 g/mol. The van der Waals surface area contributed by atoms with Gasteiger partial charge >= 0.3 is 0 Å². The van der Waals surface area contributed by atoms with Gasteiger partial charge in [-0.3, -0.25) is 4.68 Å². The van der Waals surface area contributed by atoms with Crippen LogP contribution >= 0.6 is 0 Å². The fourth-order valence-corrected chi connectivity index (χ4v) is 2.15. The van der Waals surface area contributed by atoms with Crippen molar-refractivity contribution in [1.82, 2.24) is 29.3 Å². The molecule has 3 aromatic rings. The molecule has 0 saturated carbocycles. The highest BCUT2D eigenvalue weighted by molar-refractivity contribution is 5.65. The van der Waals surface area contributed by atoms with E-state index in [9.17, 15) is 0 Å². The molecule has 0 aliphatic rings. The van der Waals surface area contributed by atoms with Crippen LogP contribution in [0.25, 0.3) is 22.8 Å². The van der Waals surface area contributed by atoms with Gasteiger partial charge in [-0.05, 0) is 6.92 Å². The summed E-state index contributed by atoms with van der Waals surface area (Å²) in [5, 5.41) is 7.27. The summed E-state index contributed by atoms with van der Waals surface area (Å²) in [5.74, 6) is 1.42. The van der Waals surface area contributed by atoms with E-state index in [2.05, 4.69) is 32.3 Å². The molecule has 0 fully saturated rings. The van der Waals surface area contributed by atoms with Gasteiger partial charge in [0.1, 0.15) is 11.5 Å². The molecule has 1 N–H and O–H groups in total. The molecular formula is C14H17N7. The van der Waals surface area contributed by atoms with E-state index in [0.29, 0.717) is 5.82 Å². The summed E-state index contributed by atoms with van der Waals surface area (Å²) < 4.78 is 3.77. The van der Waals surface area contributed by atoms with Gasteiger partial charge in [-0.1, -0.05) is 0 Å². The highest BCUT2D eigenvalue weighted by Crippen LogP contribution is 2.23. The molecule has 0 aliphatic carbocycles. The van der Waals surface area contributed by atoms with Crippen molar-refractivity contribution in [3.05, 3.63) is 31.0 Å². The molecule has 0 bridgehead atoms. The van der Waals surface area contributed by atoms with Crippen LogP contribution in [0.1, 0.15) is 6.92 Å². The van der Waals surface area contributed by atoms with E-state index in [4.69, 9.17) is 0 Å². The topological polar surface area (TPSA) is 73.5 Å². The Bertz CT molecular complexity index is 756. The van der Waals surface area contributed by atoms with E-state index < -0.39 is 0 Å². The van der Waals surface area contributed by atoms with Gasteiger partial charge < -0.3 is 9.88 Å². The third kappa shape index (κ3) is 2.49. The molecule has 3 heterocycles. The van der Waals surface area contributed by atoms with Gasteiger partial charge in [0.2, 0.25) is 0 Å². The maximum Gasteiger partial charge on any atom is 0.180 e. The van der Waals surface area contributed by atoms with Gasteiger partial charge in [0, 0.05) is 38.5 Å². The number of anilines is 1. The molecule has 0 amide bonds. The third-order valence-electron chi connectivity index (χ3n) is 3.27. The van der Waals surface area contributed by atoms with E-state index in [1.165, 1.54) is 0 Å². The van der Waals surface area contributed by atoms with Crippen molar-refractivity contribution in [3.8, 4) is 22.8 Å². The summed E-state index contributed by atoms with van der Waals surface area (Å²) in [7, 11) is 3.73. The largest absolute Gasteiger partial charge is 0.373 e. The molecule has 0 saturated heterocycles. The summed E-state index contributed by atoms with van der Waals surface area (Å²) in [5.41, 5.74) is 2.70. The van der Waals surface area contributed by atoms with Crippen LogP contribution in [0, 0.1) is 0 Å². The first-order chi connectivity index (χ1) is 10.2. The first-order valence-corrected chi connectivity index (χ1v) is 6.77. The summed E-state index contributed by atoms with van der Waals surface area (Å²) in [4.78, 5) is 13.4. The van der Waals surface area contributed by atoms with Gasteiger partial charge in [-0.15, -0.1) is 0 Å². The Labute approximate surface area is 122 Å². The van der Waals surface area contributed by atoms with Gasteiger partial charge in [-0.25, -0.2) is 15.0 Å². The van der Waals surface area contributed by atoms with E-state index >= 15 is 0 Å². The second-order valence-electron chi connectivity index (χ2n) is 4.68. The molecule has 3 rings (SSSR count). The molecule has 7 heteroatoms. The lowest BCUT2D eigenvalue weighted by Gasteiger charge is -2.08. The Morgan fingerprint density at radius 3 is 2.76 bits per heavy atom. The number of aromatic nitrogens is 6. The van der Waals surface area contributed by atoms with Crippen molar-refractivity contribution in [2.45, 2.75) is 13.5 Å². The van der Waals surface area contributed by atoms with Crippen LogP contribution in [0.15, 0.2) is 31.0 Å². The maximum atomic E-state index is 4.65. The highest BCUT2D eigenvalue weighted by Gasteiger charge is 2.12. The first kappa shape index (κ1) is 13.3. The number of imidazole rings is 1. The lowest BCUT2D eigenvalue weighted by atomic mass is 10.2. The number of hydrogen-bond acceptors (Lipinski definition) is 5. The summed E-state index contributed by atoms with van der Waals surface area (Å²) >= 11 is 0. The van der Waals surface area contributed by atoms with Crippen LogP contribution in [-0.4, -0.2) is 36.3 Å². The zero-order valence-electron chi connectivity index (χ0n) is 12.3. The Balaban J connectivity index is 2.13. The molecule has 0 aromatic carbocycles. The Morgan fingerprint density at radius 2 is 2.10 bits per heavy atom. The normalized spacial score (nSPS) is 10.8. The number of hydrogen-bond donors (Lipinski definition) is 1. The first-order valence-electron chi connectivity index (χ1n) is 6.77. The molecule has 3 aromatic heterocycles. The van der Waals surface area contributed by atoms with Crippen molar-refractivity contribution in [2.24, 2.45) is 7.05 Å². The molecule has 0 radical (unpaired) electrons. The van der Waals surface area contributed by atoms with E-state index in [1.54, 1.807) is 23.4 Å². The molecule has 108 valence electrons. The fourth-order valence-electron chi connectivity index (χ4n) is 2.15. The van der Waals surface area contributed by atoms with Crippen LogP contribution in [0.4, 0.5) is 5.82 Å². The van der Waals surface area contributed by atoms with Crippen LogP contribution < -0.4 is 5.32 Å². The number of aryl methyl sites for hydroxylation is 2. The van der Waals surface area contributed by atoms with Gasteiger partial charge in [-0.2, -0.15) is 5.10 Å². The minimum atomic E-state index is 0.653. The molecule has 7 nitrogen and oxygen atoms in total. The number of nitrogens with zero attached hydrogens (tertiary/aromatic N) is 6. The minimum Gasteiger partial charge on any atom is -0.373 e. The molecule has 0 unspecified atom stereocenters. The SMILES string of the molecule is CCn1cncc1-c1nc(NC)cc(-c2cnn(C)c2)n1. The van der Waals surface area contributed by atoms with Crippen molar-refractivity contribution in [1.29, 1.82) is 0 Å².